The largest absolute Gasteiger partial charge is 0.372 e. The van der Waals surface area contributed by atoms with Gasteiger partial charge in [0.05, 0.1) is 29.8 Å². The van der Waals surface area contributed by atoms with Crippen molar-refractivity contribution < 1.29 is 17.9 Å². The van der Waals surface area contributed by atoms with Crippen molar-refractivity contribution in [1.82, 2.24) is 9.29 Å². The van der Waals surface area contributed by atoms with E-state index in [2.05, 4.69) is 4.98 Å². The van der Waals surface area contributed by atoms with E-state index in [9.17, 15) is 8.42 Å². The van der Waals surface area contributed by atoms with Crippen molar-refractivity contribution in [3.05, 3.63) is 29.6 Å². The molecule has 1 unspecified atom stereocenters. The number of sulfonamides is 1. The highest BCUT2D eigenvalue weighted by atomic mass is 32.2. The summed E-state index contributed by atoms with van der Waals surface area (Å²) < 4.78 is 37.1. The van der Waals surface area contributed by atoms with Crippen LogP contribution in [0.5, 0.6) is 0 Å². The summed E-state index contributed by atoms with van der Waals surface area (Å²) >= 11 is 0. The average Bonchev–Trinajstić information content (AvgIpc) is 2.51. The Bertz CT molecular complexity index is 656. The maximum atomic E-state index is 11.9. The fourth-order valence-electron chi connectivity index (χ4n) is 3.20. The van der Waals surface area contributed by atoms with E-state index in [0.29, 0.717) is 26.3 Å². The third kappa shape index (κ3) is 3.74. The summed E-state index contributed by atoms with van der Waals surface area (Å²) in [5.74, 6) is 0.141. The van der Waals surface area contributed by atoms with Crippen LogP contribution in [0.1, 0.15) is 31.2 Å². The predicted octanol–water partition coefficient (Wildman–Crippen LogP) is 1.49. The number of pyridine rings is 1. The van der Waals surface area contributed by atoms with E-state index < -0.39 is 10.0 Å². The van der Waals surface area contributed by atoms with E-state index in [0.717, 1.165) is 24.2 Å². The molecule has 3 rings (SSSR count). The van der Waals surface area contributed by atoms with Gasteiger partial charge in [0, 0.05) is 31.8 Å². The highest BCUT2D eigenvalue weighted by Gasteiger charge is 2.51. The topological polar surface area (TPSA) is 68.7 Å². The number of aryl methyl sites for hydroxylation is 1. The average molecular weight is 340 g/mol. The van der Waals surface area contributed by atoms with Crippen molar-refractivity contribution in [2.75, 3.05) is 25.4 Å². The Kier molecular flexibility index (Phi) is 4.73. The first-order chi connectivity index (χ1) is 10.9. The molecule has 0 radical (unpaired) electrons. The first-order valence-electron chi connectivity index (χ1n) is 8.08. The maximum absolute atomic E-state index is 11.9. The van der Waals surface area contributed by atoms with Gasteiger partial charge in [-0.05, 0) is 32.4 Å². The SMILES string of the molecule is CCS(=O)(=O)N1CC2(CC(OCc3cccc(C)n3)CCO2)C1. The molecule has 0 saturated carbocycles. The molecule has 3 heterocycles. The minimum atomic E-state index is -3.11. The summed E-state index contributed by atoms with van der Waals surface area (Å²) in [6, 6.07) is 5.90. The van der Waals surface area contributed by atoms with Gasteiger partial charge in [-0.15, -0.1) is 0 Å². The van der Waals surface area contributed by atoms with E-state index in [1.54, 1.807) is 6.92 Å². The fourth-order valence-corrected chi connectivity index (χ4v) is 4.43. The molecule has 1 atom stereocenters. The molecular weight excluding hydrogens is 316 g/mol. The number of hydrogen-bond acceptors (Lipinski definition) is 5. The second kappa shape index (κ2) is 6.47. The molecule has 0 bridgehead atoms. The monoisotopic (exact) mass is 340 g/mol. The van der Waals surface area contributed by atoms with Crippen LogP contribution in [-0.4, -0.2) is 54.9 Å². The summed E-state index contributed by atoms with van der Waals surface area (Å²) in [5.41, 5.74) is 1.55. The molecule has 1 spiro atoms. The smallest absolute Gasteiger partial charge is 0.214 e. The van der Waals surface area contributed by atoms with Crippen molar-refractivity contribution >= 4 is 10.0 Å². The number of hydrogen-bond donors (Lipinski definition) is 0. The lowest BCUT2D eigenvalue weighted by atomic mass is 9.86. The van der Waals surface area contributed by atoms with Crippen LogP contribution in [0, 0.1) is 6.92 Å². The molecule has 2 saturated heterocycles. The Morgan fingerprint density at radius 1 is 1.43 bits per heavy atom. The molecule has 0 amide bonds. The van der Waals surface area contributed by atoms with Crippen LogP contribution in [0.4, 0.5) is 0 Å². The van der Waals surface area contributed by atoms with Crippen LogP contribution >= 0.6 is 0 Å². The van der Waals surface area contributed by atoms with Gasteiger partial charge < -0.3 is 9.47 Å². The molecular formula is C16H24N2O4S. The molecule has 6 nitrogen and oxygen atoms in total. The van der Waals surface area contributed by atoms with Gasteiger partial charge in [0.25, 0.3) is 0 Å². The second-order valence-electron chi connectivity index (χ2n) is 6.40. The number of aromatic nitrogens is 1. The third-order valence-electron chi connectivity index (χ3n) is 4.55. The van der Waals surface area contributed by atoms with Crippen LogP contribution in [0.25, 0.3) is 0 Å². The lowest BCUT2D eigenvalue weighted by molar-refractivity contribution is -0.180. The summed E-state index contributed by atoms with van der Waals surface area (Å²) in [7, 11) is -3.11. The van der Waals surface area contributed by atoms with Crippen LogP contribution in [-0.2, 0) is 26.1 Å². The van der Waals surface area contributed by atoms with Gasteiger partial charge in [-0.1, -0.05) is 6.07 Å². The Morgan fingerprint density at radius 3 is 2.91 bits per heavy atom. The number of ether oxygens (including phenoxy) is 2. The maximum Gasteiger partial charge on any atom is 0.214 e. The van der Waals surface area contributed by atoms with Crippen LogP contribution in [0.3, 0.4) is 0 Å². The Labute approximate surface area is 137 Å². The quantitative estimate of drug-likeness (QED) is 0.812. The van der Waals surface area contributed by atoms with Gasteiger partial charge in [-0.3, -0.25) is 4.98 Å². The lowest BCUT2D eigenvalue weighted by Gasteiger charge is -2.52. The van der Waals surface area contributed by atoms with Crippen LogP contribution in [0.2, 0.25) is 0 Å². The normalized spacial score (nSPS) is 24.5. The summed E-state index contributed by atoms with van der Waals surface area (Å²) in [6.45, 7) is 5.63. The van der Waals surface area contributed by atoms with Gasteiger partial charge in [0.15, 0.2) is 0 Å². The van der Waals surface area contributed by atoms with Crippen molar-refractivity contribution in [3.8, 4) is 0 Å². The Balaban J connectivity index is 1.53. The highest BCUT2D eigenvalue weighted by Crippen LogP contribution is 2.37. The molecule has 128 valence electrons. The van der Waals surface area contributed by atoms with Crippen molar-refractivity contribution in [2.24, 2.45) is 0 Å². The van der Waals surface area contributed by atoms with E-state index >= 15 is 0 Å². The fraction of sp³-hybridized carbons (Fsp3) is 0.688. The number of rotatable bonds is 5. The molecule has 1 aromatic rings. The summed E-state index contributed by atoms with van der Waals surface area (Å²) in [4.78, 5) is 4.44. The minimum absolute atomic E-state index is 0.0949. The van der Waals surface area contributed by atoms with Gasteiger partial charge >= 0.3 is 0 Å². The van der Waals surface area contributed by atoms with E-state index in [4.69, 9.17) is 9.47 Å². The molecule has 7 heteroatoms. The highest BCUT2D eigenvalue weighted by molar-refractivity contribution is 7.89. The summed E-state index contributed by atoms with van der Waals surface area (Å²) in [5, 5.41) is 0. The second-order valence-corrected chi connectivity index (χ2v) is 8.65. The molecule has 2 fully saturated rings. The van der Waals surface area contributed by atoms with Gasteiger partial charge in [-0.25, -0.2) is 8.42 Å². The molecule has 2 aliphatic heterocycles. The predicted molar refractivity (Wildman–Crippen MR) is 86.5 cm³/mol. The Morgan fingerprint density at radius 2 is 2.22 bits per heavy atom. The molecule has 0 aromatic carbocycles. The zero-order valence-corrected chi connectivity index (χ0v) is 14.5. The van der Waals surface area contributed by atoms with Gasteiger partial charge in [0.2, 0.25) is 10.0 Å². The molecule has 2 aliphatic rings. The standard InChI is InChI=1S/C16H24N2O4S/c1-3-23(19,20)18-11-16(12-18)9-15(7-8-22-16)21-10-14-6-4-5-13(2)17-14/h4-6,15H,3,7-12H2,1-2H3. The summed E-state index contributed by atoms with van der Waals surface area (Å²) in [6.07, 6.45) is 1.68. The molecule has 0 aliphatic carbocycles. The number of nitrogens with zero attached hydrogens (tertiary/aromatic N) is 2. The van der Waals surface area contributed by atoms with E-state index in [1.807, 2.05) is 25.1 Å². The van der Waals surface area contributed by atoms with Crippen LogP contribution in [0.15, 0.2) is 18.2 Å². The zero-order valence-electron chi connectivity index (χ0n) is 13.7. The van der Waals surface area contributed by atoms with Crippen molar-refractivity contribution in [3.63, 3.8) is 0 Å². The van der Waals surface area contributed by atoms with Gasteiger partial charge in [0.1, 0.15) is 0 Å². The first kappa shape index (κ1) is 16.8. The van der Waals surface area contributed by atoms with Gasteiger partial charge in [-0.2, -0.15) is 4.31 Å². The van der Waals surface area contributed by atoms with Crippen LogP contribution < -0.4 is 0 Å². The Hall–Kier alpha value is -1.02. The molecule has 0 N–H and O–H groups in total. The molecule has 1 aromatic heterocycles. The van der Waals surface area contributed by atoms with E-state index in [1.165, 1.54) is 4.31 Å². The zero-order chi connectivity index (χ0) is 16.5. The molecule has 23 heavy (non-hydrogen) atoms. The van der Waals surface area contributed by atoms with Crippen molar-refractivity contribution in [1.29, 1.82) is 0 Å². The third-order valence-corrected chi connectivity index (χ3v) is 6.32. The van der Waals surface area contributed by atoms with Crippen molar-refractivity contribution in [2.45, 2.75) is 45.0 Å². The van der Waals surface area contributed by atoms with E-state index in [-0.39, 0.29) is 17.5 Å². The lowest BCUT2D eigenvalue weighted by Crippen LogP contribution is -2.67. The minimum Gasteiger partial charge on any atom is -0.372 e. The first-order valence-corrected chi connectivity index (χ1v) is 9.69.